The van der Waals surface area contributed by atoms with Crippen LogP contribution in [-0.2, 0) is 6.54 Å². The first-order valence-electron chi connectivity index (χ1n) is 2.80. The Balaban J connectivity index is 2.81. The maximum Gasteiger partial charge on any atom is 0.433 e. The van der Waals surface area contributed by atoms with E-state index in [4.69, 9.17) is 5.53 Å². The van der Waals surface area contributed by atoms with Crippen LogP contribution in [0, 0.1) is 15.6 Å². The molecule has 1 rings (SSSR count). The van der Waals surface area contributed by atoms with E-state index >= 15 is 0 Å². The number of hydrogen-bond donors (Lipinski definition) is 1. The molecule has 1 N–H and O–H groups in total. The molecule has 0 fully saturated rings. The Labute approximate surface area is 61.5 Å². The van der Waals surface area contributed by atoms with E-state index in [9.17, 15) is 10.1 Å². The van der Waals surface area contributed by atoms with Gasteiger partial charge in [0.05, 0.1) is 6.07 Å². The van der Waals surface area contributed by atoms with Crippen LogP contribution >= 0.6 is 0 Å². The second-order valence-corrected chi connectivity index (χ2v) is 1.81. The van der Waals surface area contributed by atoms with E-state index in [1.165, 1.54) is 12.1 Å². The Bertz CT molecular complexity index is 280. The van der Waals surface area contributed by atoms with Gasteiger partial charge in [0.1, 0.15) is 17.2 Å². The molecule has 0 aliphatic carbocycles. The van der Waals surface area contributed by atoms with Crippen LogP contribution in [0.5, 0.6) is 0 Å². The monoisotopic (exact) mass is 155 g/mol. The molecule has 0 atom stereocenters. The van der Waals surface area contributed by atoms with Gasteiger partial charge in [-0.05, 0) is 6.07 Å². The molecule has 6 nitrogen and oxygen atoms in total. The molecule has 0 aromatic carbocycles. The highest BCUT2D eigenvalue weighted by molar-refractivity contribution is 5.17. The minimum absolute atomic E-state index is 0.0494. The summed E-state index contributed by atoms with van der Waals surface area (Å²) in [7, 11) is 0. The molecule has 1 aromatic heterocycles. The van der Waals surface area contributed by atoms with Crippen molar-refractivity contribution in [3.63, 3.8) is 0 Å². The first-order chi connectivity index (χ1) is 5.24. The van der Waals surface area contributed by atoms with Crippen molar-refractivity contribution in [1.29, 1.82) is 5.53 Å². The molecule has 0 aliphatic rings. The van der Waals surface area contributed by atoms with E-state index in [0.29, 0.717) is 5.76 Å². The van der Waals surface area contributed by atoms with Crippen molar-refractivity contribution in [2.24, 2.45) is 5.11 Å². The molecule has 0 aliphatic heterocycles. The Morgan fingerprint density at radius 2 is 2.45 bits per heavy atom. The first-order valence-corrected chi connectivity index (χ1v) is 2.80. The van der Waals surface area contributed by atoms with Gasteiger partial charge in [0.25, 0.3) is 0 Å². The number of hydrogen-bond acceptors (Lipinski definition) is 5. The average molecular weight is 155 g/mol. The quantitative estimate of drug-likeness (QED) is 0.409. The molecule has 0 unspecified atom stereocenters. The van der Waals surface area contributed by atoms with Gasteiger partial charge in [-0.3, -0.25) is 10.1 Å². The zero-order valence-corrected chi connectivity index (χ0v) is 5.48. The van der Waals surface area contributed by atoms with Gasteiger partial charge < -0.3 is 4.42 Å². The molecule has 6 heteroatoms. The lowest BCUT2D eigenvalue weighted by Gasteiger charge is -1.83. The molecule has 0 saturated heterocycles. The van der Waals surface area contributed by atoms with Crippen LogP contribution in [-0.4, -0.2) is 4.92 Å². The smallest absolute Gasteiger partial charge is 0.404 e. The highest BCUT2D eigenvalue weighted by Crippen LogP contribution is 2.15. The van der Waals surface area contributed by atoms with Gasteiger partial charge in [-0.25, -0.2) is 5.53 Å². The maximum absolute atomic E-state index is 10.1. The lowest BCUT2D eigenvalue weighted by atomic mass is 10.5. The SMILES string of the molecule is N=NCc1ccc([N+](=O)[O-])o1. The average Bonchev–Trinajstić information content (AvgIpc) is 2.37. The summed E-state index contributed by atoms with van der Waals surface area (Å²) in [5.41, 5.74) is 6.45. The Kier molecular flexibility index (Phi) is 1.95. The lowest BCUT2D eigenvalue weighted by molar-refractivity contribution is -0.402. The second kappa shape index (κ2) is 2.91. The van der Waals surface area contributed by atoms with Crippen molar-refractivity contribution in [1.82, 2.24) is 0 Å². The van der Waals surface area contributed by atoms with Gasteiger partial charge in [-0.15, -0.1) is 0 Å². The maximum atomic E-state index is 10.1. The topological polar surface area (TPSA) is 92.5 Å². The number of furan rings is 1. The molecule has 1 aromatic rings. The predicted molar refractivity (Wildman–Crippen MR) is 34.2 cm³/mol. The highest BCUT2D eigenvalue weighted by Gasteiger charge is 2.10. The van der Waals surface area contributed by atoms with Crippen LogP contribution < -0.4 is 0 Å². The van der Waals surface area contributed by atoms with Crippen LogP contribution in [0.4, 0.5) is 5.88 Å². The summed E-state index contributed by atoms with van der Waals surface area (Å²) in [4.78, 5) is 9.42. The van der Waals surface area contributed by atoms with E-state index in [2.05, 4.69) is 9.53 Å². The number of nitrogens with zero attached hydrogens (tertiary/aromatic N) is 2. The van der Waals surface area contributed by atoms with Gasteiger partial charge in [0.15, 0.2) is 0 Å². The molecule has 0 spiro atoms. The zero-order chi connectivity index (χ0) is 8.27. The third-order valence-corrected chi connectivity index (χ3v) is 1.06. The van der Waals surface area contributed by atoms with Gasteiger partial charge >= 0.3 is 5.88 Å². The third-order valence-electron chi connectivity index (χ3n) is 1.06. The number of nitro groups is 1. The fourth-order valence-corrected chi connectivity index (χ4v) is 0.628. The lowest BCUT2D eigenvalue weighted by Crippen LogP contribution is -1.82. The fourth-order valence-electron chi connectivity index (χ4n) is 0.628. The summed E-state index contributed by atoms with van der Waals surface area (Å²) >= 11 is 0. The van der Waals surface area contributed by atoms with E-state index in [0.717, 1.165) is 0 Å². The van der Waals surface area contributed by atoms with E-state index < -0.39 is 4.92 Å². The molecule has 0 radical (unpaired) electrons. The molecule has 11 heavy (non-hydrogen) atoms. The number of rotatable bonds is 3. The summed E-state index contributed by atoms with van der Waals surface area (Å²) in [6.07, 6.45) is 0. The molecule has 58 valence electrons. The predicted octanol–water partition coefficient (Wildman–Crippen LogP) is 1.72. The Hall–Kier alpha value is -1.72. The normalized spacial score (nSPS) is 9.45. The highest BCUT2D eigenvalue weighted by atomic mass is 16.6. The van der Waals surface area contributed by atoms with Crippen molar-refractivity contribution >= 4 is 5.88 Å². The number of nitrogens with one attached hydrogen (secondary N) is 1. The summed E-state index contributed by atoms with van der Waals surface area (Å²) in [5, 5.41) is 13.1. The van der Waals surface area contributed by atoms with Crippen molar-refractivity contribution < 1.29 is 9.34 Å². The fraction of sp³-hybridized carbons (Fsp3) is 0.200. The summed E-state index contributed by atoms with van der Waals surface area (Å²) < 4.78 is 4.67. The van der Waals surface area contributed by atoms with Crippen LogP contribution in [0.25, 0.3) is 0 Å². The second-order valence-electron chi connectivity index (χ2n) is 1.81. The summed E-state index contributed by atoms with van der Waals surface area (Å²) in [6, 6.07) is 2.66. The standard InChI is InChI=1S/C5H5N3O3/c6-7-3-4-1-2-5(11-4)8(9)10/h1-2,6H,3H2. The molecule has 0 amide bonds. The van der Waals surface area contributed by atoms with Crippen LogP contribution in [0.3, 0.4) is 0 Å². The Morgan fingerprint density at radius 3 is 2.91 bits per heavy atom. The molecule has 0 bridgehead atoms. The summed E-state index contributed by atoms with van der Waals surface area (Å²) in [6.45, 7) is 0.0494. The van der Waals surface area contributed by atoms with Gasteiger partial charge in [-0.1, -0.05) is 0 Å². The molecular formula is C5H5N3O3. The van der Waals surface area contributed by atoms with Crippen LogP contribution in [0.1, 0.15) is 5.76 Å². The molecular weight excluding hydrogens is 150 g/mol. The van der Waals surface area contributed by atoms with Crippen LogP contribution in [0.15, 0.2) is 21.7 Å². The van der Waals surface area contributed by atoms with Crippen molar-refractivity contribution in [2.45, 2.75) is 6.54 Å². The van der Waals surface area contributed by atoms with Gasteiger partial charge in [0.2, 0.25) is 0 Å². The van der Waals surface area contributed by atoms with Crippen molar-refractivity contribution in [3.05, 3.63) is 28.0 Å². The Morgan fingerprint density at radius 1 is 1.73 bits per heavy atom. The first kappa shape index (κ1) is 7.39. The van der Waals surface area contributed by atoms with Crippen LogP contribution in [0.2, 0.25) is 0 Å². The molecule has 1 heterocycles. The summed E-state index contributed by atoms with van der Waals surface area (Å²) in [5.74, 6) is 0.00958. The van der Waals surface area contributed by atoms with Crippen molar-refractivity contribution in [3.8, 4) is 0 Å². The van der Waals surface area contributed by atoms with E-state index in [1.807, 2.05) is 0 Å². The largest absolute Gasteiger partial charge is 0.433 e. The zero-order valence-electron chi connectivity index (χ0n) is 5.48. The minimum Gasteiger partial charge on any atom is -0.404 e. The van der Waals surface area contributed by atoms with Crippen molar-refractivity contribution in [2.75, 3.05) is 0 Å². The minimum atomic E-state index is -0.632. The third kappa shape index (κ3) is 1.60. The van der Waals surface area contributed by atoms with Gasteiger partial charge in [0, 0.05) is 0 Å². The van der Waals surface area contributed by atoms with Gasteiger partial charge in [-0.2, -0.15) is 5.11 Å². The molecule has 0 saturated carbocycles. The van der Waals surface area contributed by atoms with E-state index in [1.54, 1.807) is 0 Å². The van der Waals surface area contributed by atoms with E-state index in [-0.39, 0.29) is 12.4 Å².